The Hall–Kier alpha value is -0.780. The van der Waals surface area contributed by atoms with Crippen LogP contribution in [0.5, 0.6) is 5.75 Å². The van der Waals surface area contributed by atoms with Crippen molar-refractivity contribution in [3.05, 3.63) is 22.7 Å². The van der Waals surface area contributed by atoms with E-state index in [0.29, 0.717) is 19.1 Å². The molecule has 2 atom stereocenters. The highest BCUT2D eigenvalue weighted by atomic mass is 79.9. The van der Waals surface area contributed by atoms with Crippen molar-refractivity contribution in [3.8, 4) is 5.75 Å². The van der Waals surface area contributed by atoms with Crippen molar-refractivity contribution < 1.29 is 14.6 Å². The van der Waals surface area contributed by atoms with Gasteiger partial charge in [0.05, 0.1) is 30.4 Å². The zero-order valence-electron chi connectivity index (χ0n) is 13.2. The second-order valence-corrected chi connectivity index (χ2v) is 6.51. The molecule has 0 aliphatic rings. The van der Waals surface area contributed by atoms with Crippen LogP contribution in [0, 0.1) is 5.92 Å². The third-order valence-corrected chi connectivity index (χ3v) is 3.72. The Morgan fingerprint density at radius 2 is 2.00 bits per heavy atom. The zero-order valence-corrected chi connectivity index (χ0v) is 14.8. The van der Waals surface area contributed by atoms with Gasteiger partial charge in [0.15, 0.2) is 0 Å². The molecule has 0 aromatic heterocycles. The molecule has 5 heteroatoms. The van der Waals surface area contributed by atoms with Crippen molar-refractivity contribution in [2.75, 3.05) is 25.6 Å². The van der Waals surface area contributed by atoms with E-state index in [0.717, 1.165) is 22.3 Å². The van der Waals surface area contributed by atoms with Crippen LogP contribution in [0.25, 0.3) is 0 Å². The Bertz CT molecular complexity index is 426. The minimum Gasteiger partial charge on any atom is -0.495 e. The van der Waals surface area contributed by atoms with Gasteiger partial charge < -0.3 is 19.9 Å². The lowest BCUT2D eigenvalue weighted by Crippen LogP contribution is -2.27. The van der Waals surface area contributed by atoms with Crippen LogP contribution in [0.3, 0.4) is 0 Å². The number of aliphatic hydroxyl groups is 1. The molecule has 0 saturated carbocycles. The summed E-state index contributed by atoms with van der Waals surface area (Å²) >= 11 is 3.41. The largest absolute Gasteiger partial charge is 0.495 e. The molecule has 0 bridgehead atoms. The lowest BCUT2D eigenvalue weighted by atomic mass is 10.1. The second-order valence-electron chi connectivity index (χ2n) is 5.66. The molecule has 21 heavy (non-hydrogen) atoms. The Balaban J connectivity index is 2.34. The summed E-state index contributed by atoms with van der Waals surface area (Å²) in [7, 11) is 1.63. The lowest BCUT2D eigenvalue weighted by molar-refractivity contribution is -0.00443. The number of methoxy groups -OCH3 is 1. The maximum absolute atomic E-state index is 9.95. The van der Waals surface area contributed by atoms with Gasteiger partial charge in [0.1, 0.15) is 5.75 Å². The van der Waals surface area contributed by atoms with Crippen molar-refractivity contribution in [3.63, 3.8) is 0 Å². The molecule has 1 aromatic rings. The molecule has 2 unspecified atom stereocenters. The summed E-state index contributed by atoms with van der Waals surface area (Å²) in [5, 5.41) is 13.1. The normalized spacial score (nSPS) is 14.0. The fourth-order valence-corrected chi connectivity index (χ4v) is 2.48. The Kier molecular flexibility index (Phi) is 8.07. The average molecular weight is 360 g/mol. The van der Waals surface area contributed by atoms with Crippen LogP contribution in [-0.2, 0) is 4.74 Å². The van der Waals surface area contributed by atoms with E-state index in [-0.39, 0.29) is 6.10 Å². The number of anilines is 1. The summed E-state index contributed by atoms with van der Waals surface area (Å²) < 4.78 is 11.8. The van der Waals surface area contributed by atoms with E-state index in [2.05, 4.69) is 35.1 Å². The van der Waals surface area contributed by atoms with Gasteiger partial charge in [0, 0.05) is 18.3 Å². The predicted octanol–water partition coefficient (Wildman–Crippen LogP) is 3.68. The first-order valence-electron chi connectivity index (χ1n) is 7.29. The number of ether oxygens (including phenoxy) is 2. The Labute approximate surface area is 136 Å². The SMILES string of the molecule is COc1cc(NCC(O)COC(C)CC(C)C)ccc1Br. The summed E-state index contributed by atoms with van der Waals surface area (Å²) in [6, 6.07) is 5.73. The Morgan fingerprint density at radius 1 is 1.29 bits per heavy atom. The number of hydrogen-bond donors (Lipinski definition) is 2. The van der Waals surface area contributed by atoms with E-state index in [9.17, 15) is 5.11 Å². The molecule has 4 nitrogen and oxygen atoms in total. The smallest absolute Gasteiger partial charge is 0.135 e. The van der Waals surface area contributed by atoms with Crippen molar-refractivity contribution in [1.82, 2.24) is 0 Å². The molecule has 0 aliphatic heterocycles. The highest BCUT2D eigenvalue weighted by Gasteiger charge is 2.10. The van der Waals surface area contributed by atoms with Gasteiger partial charge in [-0.1, -0.05) is 13.8 Å². The lowest BCUT2D eigenvalue weighted by Gasteiger charge is -2.18. The molecule has 2 N–H and O–H groups in total. The molecule has 0 saturated heterocycles. The topological polar surface area (TPSA) is 50.7 Å². The Morgan fingerprint density at radius 3 is 2.62 bits per heavy atom. The molecule has 0 heterocycles. The highest BCUT2D eigenvalue weighted by molar-refractivity contribution is 9.10. The molecule has 0 aliphatic carbocycles. The van der Waals surface area contributed by atoms with Gasteiger partial charge >= 0.3 is 0 Å². The molecular weight excluding hydrogens is 334 g/mol. The number of hydrogen-bond acceptors (Lipinski definition) is 4. The molecule has 0 amide bonds. The summed E-state index contributed by atoms with van der Waals surface area (Å²) in [6.07, 6.45) is 0.644. The van der Waals surface area contributed by atoms with Gasteiger partial charge in [-0.25, -0.2) is 0 Å². The van der Waals surface area contributed by atoms with Crippen LogP contribution in [-0.4, -0.2) is 37.6 Å². The van der Waals surface area contributed by atoms with E-state index in [1.165, 1.54) is 0 Å². The van der Waals surface area contributed by atoms with Crippen LogP contribution >= 0.6 is 15.9 Å². The van der Waals surface area contributed by atoms with Crippen LogP contribution < -0.4 is 10.1 Å². The first-order chi connectivity index (χ1) is 9.92. The van der Waals surface area contributed by atoms with Crippen molar-refractivity contribution in [1.29, 1.82) is 0 Å². The second kappa shape index (κ2) is 9.28. The van der Waals surface area contributed by atoms with Gasteiger partial charge in [0.2, 0.25) is 0 Å². The quantitative estimate of drug-likeness (QED) is 0.705. The van der Waals surface area contributed by atoms with Gasteiger partial charge in [-0.05, 0) is 47.3 Å². The maximum Gasteiger partial charge on any atom is 0.135 e. The fraction of sp³-hybridized carbons (Fsp3) is 0.625. The van der Waals surface area contributed by atoms with Crippen LogP contribution in [0.2, 0.25) is 0 Å². The van der Waals surface area contributed by atoms with E-state index in [4.69, 9.17) is 9.47 Å². The standard InChI is InChI=1S/C16H26BrNO3/c1-11(2)7-12(3)21-10-14(19)9-18-13-5-6-15(17)16(8-13)20-4/h5-6,8,11-12,14,18-19H,7,9-10H2,1-4H3. The zero-order chi connectivity index (χ0) is 15.8. The molecule has 1 aromatic carbocycles. The molecule has 0 fully saturated rings. The average Bonchev–Trinajstić information content (AvgIpc) is 2.43. The minimum atomic E-state index is -0.533. The van der Waals surface area contributed by atoms with E-state index in [1.54, 1.807) is 7.11 Å². The first-order valence-corrected chi connectivity index (χ1v) is 8.08. The molecule has 120 valence electrons. The van der Waals surface area contributed by atoms with Crippen molar-refractivity contribution >= 4 is 21.6 Å². The van der Waals surface area contributed by atoms with Crippen LogP contribution in [0.1, 0.15) is 27.2 Å². The first kappa shape index (κ1) is 18.3. The highest BCUT2D eigenvalue weighted by Crippen LogP contribution is 2.27. The third kappa shape index (κ3) is 7.16. The van der Waals surface area contributed by atoms with Crippen LogP contribution in [0.4, 0.5) is 5.69 Å². The molecule has 1 rings (SSSR count). The van der Waals surface area contributed by atoms with Gasteiger partial charge in [-0.15, -0.1) is 0 Å². The van der Waals surface area contributed by atoms with Crippen molar-refractivity contribution in [2.24, 2.45) is 5.92 Å². The van der Waals surface area contributed by atoms with E-state index >= 15 is 0 Å². The van der Waals surface area contributed by atoms with Gasteiger partial charge in [-0.3, -0.25) is 0 Å². The molecule has 0 radical (unpaired) electrons. The van der Waals surface area contributed by atoms with Crippen molar-refractivity contribution in [2.45, 2.75) is 39.4 Å². The molecular formula is C16H26BrNO3. The number of benzene rings is 1. The third-order valence-electron chi connectivity index (χ3n) is 3.07. The maximum atomic E-state index is 9.95. The predicted molar refractivity (Wildman–Crippen MR) is 90.1 cm³/mol. The van der Waals surface area contributed by atoms with Gasteiger partial charge in [-0.2, -0.15) is 0 Å². The number of nitrogens with one attached hydrogen (secondary N) is 1. The number of aliphatic hydroxyl groups excluding tert-OH is 1. The number of halogens is 1. The summed E-state index contributed by atoms with van der Waals surface area (Å²) in [5.74, 6) is 1.36. The summed E-state index contributed by atoms with van der Waals surface area (Å²) in [6.45, 7) is 7.16. The fourth-order valence-electron chi connectivity index (χ4n) is 2.07. The van der Waals surface area contributed by atoms with Crippen LogP contribution in [0.15, 0.2) is 22.7 Å². The van der Waals surface area contributed by atoms with Gasteiger partial charge in [0.25, 0.3) is 0 Å². The molecule has 0 spiro atoms. The minimum absolute atomic E-state index is 0.174. The monoisotopic (exact) mass is 359 g/mol. The number of rotatable bonds is 9. The van der Waals surface area contributed by atoms with E-state index < -0.39 is 6.10 Å². The summed E-state index contributed by atoms with van der Waals surface area (Å²) in [4.78, 5) is 0. The summed E-state index contributed by atoms with van der Waals surface area (Å²) in [5.41, 5.74) is 0.907. The van der Waals surface area contributed by atoms with E-state index in [1.807, 2.05) is 25.1 Å².